The van der Waals surface area contributed by atoms with Gasteiger partial charge in [-0.3, -0.25) is 14.2 Å². The molecule has 0 atom stereocenters. The van der Waals surface area contributed by atoms with Gasteiger partial charge in [-0.15, -0.1) is 0 Å². The molecule has 1 saturated heterocycles. The van der Waals surface area contributed by atoms with E-state index in [4.69, 9.17) is 0 Å². The van der Waals surface area contributed by atoms with Crippen molar-refractivity contribution in [3.8, 4) is 0 Å². The Morgan fingerprint density at radius 1 is 1.20 bits per heavy atom. The SMILES string of the molecule is Cc1ccc(NC(=O)CCn2c(=O)sc3cc(S(=O)(=O)N4CCCC4)ccc32)nc1. The average Bonchev–Trinajstić information content (AvgIpc) is 3.36. The summed E-state index contributed by atoms with van der Waals surface area (Å²) < 4.78 is 29.1. The summed E-state index contributed by atoms with van der Waals surface area (Å²) in [5.41, 5.74) is 1.63. The summed E-state index contributed by atoms with van der Waals surface area (Å²) in [5, 5.41) is 2.71. The number of nitrogens with one attached hydrogen (secondary N) is 1. The number of pyridine rings is 1. The third-order valence-electron chi connectivity index (χ3n) is 5.08. The quantitative estimate of drug-likeness (QED) is 0.627. The van der Waals surface area contributed by atoms with Crippen LogP contribution in [0.1, 0.15) is 24.8 Å². The highest BCUT2D eigenvalue weighted by atomic mass is 32.2. The predicted octanol–water partition coefficient (Wildman–Crippen LogP) is 2.58. The molecule has 4 rings (SSSR count). The van der Waals surface area contributed by atoms with Crippen LogP contribution in [0.15, 0.2) is 46.2 Å². The van der Waals surface area contributed by atoms with Crippen LogP contribution in [0.4, 0.5) is 5.82 Å². The van der Waals surface area contributed by atoms with Gasteiger partial charge in [-0.2, -0.15) is 4.31 Å². The number of rotatable bonds is 6. The van der Waals surface area contributed by atoms with Gasteiger partial charge in [0.05, 0.1) is 15.1 Å². The van der Waals surface area contributed by atoms with Gasteiger partial charge in [0.1, 0.15) is 5.82 Å². The lowest BCUT2D eigenvalue weighted by atomic mass is 10.3. The van der Waals surface area contributed by atoms with E-state index < -0.39 is 10.0 Å². The molecule has 0 radical (unpaired) electrons. The first-order valence-electron chi connectivity index (χ1n) is 9.71. The Morgan fingerprint density at radius 2 is 1.97 bits per heavy atom. The third kappa shape index (κ3) is 4.16. The van der Waals surface area contributed by atoms with Crippen molar-refractivity contribution in [2.24, 2.45) is 0 Å². The van der Waals surface area contributed by atoms with E-state index >= 15 is 0 Å². The normalized spacial score (nSPS) is 15.0. The van der Waals surface area contributed by atoms with Crippen molar-refractivity contribution in [1.29, 1.82) is 0 Å². The van der Waals surface area contributed by atoms with Gasteiger partial charge >= 0.3 is 4.87 Å². The molecule has 1 N–H and O–H groups in total. The van der Waals surface area contributed by atoms with E-state index in [-0.39, 0.29) is 28.6 Å². The molecule has 1 aromatic carbocycles. The second-order valence-corrected chi connectivity index (χ2v) is 10.2. The van der Waals surface area contributed by atoms with Crippen LogP contribution < -0.4 is 10.2 Å². The highest BCUT2D eigenvalue weighted by Crippen LogP contribution is 2.26. The number of sulfonamides is 1. The Balaban J connectivity index is 1.51. The largest absolute Gasteiger partial charge is 0.311 e. The molecule has 3 heterocycles. The van der Waals surface area contributed by atoms with Crippen LogP contribution in [0.2, 0.25) is 0 Å². The number of nitrogens with zero attached hydrogens (tertiary/aromatic N) is 3. The van der Waals surface area contributed by atoms with Crippen molar-refractivity contribution < 1.29 is 13.2 Å². The summed E-state index contributed by atoms with van der Waals surface area (Å²) >= 11 is 0.989. The Labute approximate surface area is 178 Å². The molecule has 0 bridgehead atoms. The van der Waals surface area contributed by atoms with Crippen LogP contribution in [0.25, 0.3) is 10.2 Å². The van der Waals surface area contributed by atoms with Gasteiger partial charge in [-0.25, -0.2) is 13.4 Å². The number of aromatic nitrogens is 2. The summed E-state index contributed by atoms with van der Waals surface area (Å²) in [7, 11) is -3.54. The molecule has 2 aromatic heterocycles. The molecule has 0 saturated carbocycles. The molecule has 0 unspecified atom stereocenters. The van der Waals surface area contributed by atoms with Crippen LogP contribution in [-0.4, -0.2) is 41.3 Å². The minimum Gasteiger partial charge on any atom is -0.311 e. The molecule has 1 amide bonds. The minimum absolute atomic E-state index is 0.106. The summed E-state index contributed by atoms with van der Waals surface area (Å²) in [6.07, 6.45) is 3.51. The number of benzene rings is 1. The van der Waals surface area contributed by atoms with Crippen molar-refractivity contribution in [1.82, 2.24) is 13.9 Å². The molecule has 1 fully saturated rings. The molecule has 30 heavy (non-hydrogen) atoms. The molecule has 8 nitrogen and oxygen atoms in total. The summed E-state index contributed by atoms with van der Waals surface area (Å²) in [4.78, 5) is 28.8. The van der Waals surface area contributed by atoms with E-state index in [9.17, 15) is 18.0 Å². The zero-order valence-electron chi connectivity index (χ0n) is 16.5. The van der Waals surface area contributed by atoms with Gasteiger partial charge in [0.2, 0.25) is 15.9 Å². The zero-order valence-corrected chi connectivity index (χ0v) is 18.1. The fourth-order valence-electron chi connectivity index (χ4n) is 3.46. The first-order chi connectivity index (χ1) is 14.3. The van der Waals surface area contributed by atoms with Crippen LogP contribution in [0.5, 0.6) is 0 Å². The zero-order chi connectivity index (χ0) is 21.3. The van der Waals surface area contributed by atoms with Crippen LogP contribution in [0.3, 0.4) is 0 Å². The maximum Gasteiger partial charge on any atom is 0.308 e. The third-order valence-corrected chi connectivity index (χ3v) is 7.92. The van der Waals surface area contributed by atoms with E-state index in [0.29, 0.717) is 29.1 Å². The summed E-state index contributed by atoms with van der Waals surface area (Å²) in [5.74, 6) is 0.218. The molecule has 0 spiro atoms. The van der Waals surface area contributed by atoms with Gasteiger partial charge in [0, 0.05) is 32.3 Å². The Bertz CT molecular complexity index is 1240. The Morgan fingerprint density at radius 3 is 2.67 bits per heavy atom. The lowest BCUT2D eigenvalue weighted by molar-refractivity contribution is -0.116. The molecule has 10 heteroatoms. The molecule has 1 aliphatic heterocycles. The van der Waals surface area contributed by atoms with Crippen LogP contribution in [-0.2, 0) is 21.4 Å². The first-order valence-corrected chi connectivity index (χ1v) is 12.0. The van der Waals surface area contributed by atoms with Gasteiger partial charge in [0.25, 0.3) is 0 Å². The van der Waals surface area contributed by atoms with Crippen molar-refractivity contribution in [3.63, 3.8) is 0 Å². The van der Waals surface area contributed by atoms with Crippen molar-refractivity contribution in [2.45, 2.75) is 37.6 Å². The number of hydrogen-bond acceptors (Lipinski definition) is 6. The van der Waals surface area contributed by atoms with Crippen molar-refractivity contribution >= 4 is 43.3 Å². The Hall–Kier alpha value is -2.56. The molecular formula is C20H22N4O4S2. The van der Waals surface area contributed by atoms with E-state index in [1.165, 1.54) is 14.9 Å². The number of carbonyl (C=O) groups is 1. The minimum atomic E-state index is -3.54. The number of hydrogen-bond donors (Lipinski definition) is 1. The molecule has 158 valence electrons. The van der Waals surface area contributed by atoms with Crippen molar-refractivity contribution in [3.05, 3.63) is 51.8 Å². The maximum atomic E-state index is 12.8. The smallest absolute Gasteiger partial charge is 0.308 e. The number of amides is 1. The lowest BCUT2D eigenvalue weighted by Crippen LogP contribution is -2.27. The van der Waals surface area contributed by atoms with E-state index in [0.717, 1.165) is 29.7 Å². The first kappa shape index (κ1) is 20.7. The number of thiazole rings is 1. The standard InChI is InChI=1S/C20H22N4O4S2/c1-14-4-7-18(21-13-14)22-19(25)8-11-24-16-6-5-15(12-17(16)29-20(24)26)30(27,28)23-9-2-3-10-23/h4-7,12-13H,2-3,8-11H2,1H3,(H,21,22,25). The lowest BCUT2D eigenvalue weighted by Gasteiger charge is -2.15. The molecule has 1 aliphatic rings. The number of aryl methyl sites for hydroxylation is 2. The number of carbonyl (C=O) groups excluding carboxylic acids is 1. The number of fused-ring (bicyclic) bond motifs is 1. The van der Waals surface area contributed by atoms with Gasteiger partial charge in [-0.1, -0.05) is 17.4 Å². The van der Waals surface area contributed by atoms with E-state index in [1.807, 2.05) is 13.0 Å². The maximum absolute atomic E-state index is 12.8. The number of anilines is 1. The topological polar surface area (TPSA) is 101 Å². The second kappa shape index (κ2) is 8.29. The van der Waals surface area contributed by atoms with Crippen LogP contribution in [0, 0.1) is 6.92 Å². The predicted molar refractivity (Wildman–Crippen MR) is 116 cm³/mol. The summed E-state index contributed by atoms with van der Waals surface area (Å²) in [6, 6.07) is 8.32. The van der Waals surface area contributed by atoms with Crippen LogP contribution >= 0.6 is 11.3 Å². The monoisotopic (exact) mass is 446 g/mol. The second-order valence-electron chi connectivity index (χ2n) is 7.28. The Kier molecular flexibility index (Phi) is 5.72. The highest BCUT2D eigenvalue weighted by molar-refractivity contribution is 7.89. The summed E-state index contributed by atoms with van der Waals surface area (Å²) in [6.45, 7) is 3.17. The average molecular weight is 447 g/mol. The molecule has 0 aliphatic carbocycles. The van der Waals surface area contributed by atoms with Gasteiger partial charge in [0.15, 0.2) is 0 Å². The van der Waals surface area contributed by atoms with Gasteiger partial charge < -0.3 is 5.32 Å². The fourth-order valence-corrected chi connectivity index (χ4v) is 6.03. The van der Waals surface area contributed by atoms with E-state index in [2.05, 4.69) is 10.3 Å². The van der Waals surface area contributed by atoms with Crippen molar-refractivity contribution in [2.75, 3.05) is 18.4 Å². The highest BCUT2D eigenvalue weighted by Gasteiger charge is 2.27. The fraction of sp³-hybridized carbons (Fsp3) is 0.350. The molecular weight excluding hydrogens is 424 g/mol. The van der Waals surface area contributed by atoms with E-state index in [1.54, 1.807) is 24.4 Å². The molecule has 3 aromatic rings. The van der Waals surface area contributed by atoms with Gasteiger partial charge in [-0.05, 0) is 49.6 Å².